The first-order valence-corrected chi connectivity index (χ1v) is 7.76. The van der Waals surface area contributed by atoms with Crippen LogP contribution in [0.25, 0.3) is 11.3 Å². The number of hydrogen-bond donors (Lipinski definition) is 1. The van der Waals surface area contributed by atoms with Crippen LogP contribution in [0.4, 0.5) is 0 Å². The third-order valence-electron chi connectivity index (χ3n) is 3.66. The molecule has 0 saturated heterocycles. The van der Waals surface area contributed by atoms with E-state index in [4.69, 9.17) is 9.26 Å². The lowest BCUT2D eigenvalue weighted by atomic mass is 10.1. The Hall–Kier alpha value is -3.02. The van der Waals surface area contributed by atoms with Crippen molar-refractivity contribution in [3.05, 3.63) is 60.6 Å². The molecule has 2 heterocycles. The van der Waals surface area contributed by atoms with Crippen molar-refractivity contribution in [2.45, 2.75) is 13.0 Å². The molecule has 24 heavy (non-hydrogen) atoms. The monoisotopic (exact) mass is 325 g/mol. The second kappa shape index (κ2) is 7.50. The summed E-state index contributed by atoms with van der Waals surface area (Å²) in [7, 11) is 1.61. The van der Waals surface area contributed by atoms with E-state index < -0.39 is 0 Å². The zero-order valence-corrected chi connectivity index (χ0v) is 13.4. The van der Waals surface area contributed by atoms with Gasteiger partial charge in [-0.2, -0.15) is 0 Å². The second-order valence-electron chi connectivity index (χ2n) is 5.34. The van der Waals surface area contributed by atoms with Gasteiger partial charge in [-0.15, -0.1) is 0 Å². The Morgan fingerprint density at radius 1 is 1.25 bits per heavy atom. The van der Waals surface area contributed by atoms with E-state index in [1.54, 1.807) is 13.2 Å². The quantitative estimate of drug-likeness (QED) is 0.678. The van der Waals surface area contributed by atoms with Gasteiger partial charge in [-0.25, -0.2) is 0 Å². The maximum absolute atomic E-state index is 12.1. The molecule has 3 aromatic rings. The number of nitrogens with one attached hydrogen (secondary N) is 1. The summed E-state index contributed by atoms with van der Waals surface area (Å²) in [4.78, 5) is 12.1. The molecular weight excluding hydrogens is 306 g/mol. The number of benzene rings is 1. The maximum Gasteiger partial charge on any atom is 0.273 e. The van der Waals surface area contributed by atoms with Gasteiger partial charge < -0.3 is 19.1 Å². The molecule has 1 N–H and O–H groups in total. The molecular formula is C18H19N3O3. The highest BCUT2D eigenvalue weighted by atomic mass is 16.5. The minimum atomic E-state index is -0.231. The number of carbonyl (C=O) groups is 1. The number of ether oxygens (including phenoxy) is 1. The Kier molecular flexibility index (Phi) is 4.96. The van der Waals surface area contributed by atoms with E-state index in [1.807, 2.05) is 48.8 Å². The molecule has 0 saturated carbocycles. The Morgan fingerprint density at radius 3 is 2.71 bits per heavy atom. The van der Waals surface area contributed by atoms with Crippen molar-refractivity contribution in [2.75, 3.05) is 13.7 Å². The fraction of sp³-hybridized carbons (Fsp3) is 0.222. The van der Waals surface area contributed by atoms with Crippen LogP contribution in [-0.2, 0) is 6.54 Å². The highest BCUT2D eigenvalue weighted by Gasteiger charge is 2.13. The number of hydrogen-bond acceptors (Lipinski definition) is 4. The zero-order chi connectivity index (χ0) is 16.8. The van der Waals surface area contributed by atoms with Crippen molar-refractivity contribution >= 4 is 5.91 Å². The van der Waals surface area contributed by atoms with Gasteiger partial charge in [-0.1, -0.05) is 5.16 Å². The lowest BCUT2D eigenvalue weighted by molar-refractivity contribution is 0.0944. The molecule has 3 rings (SSSR count). The number of amides is 1. The zero-order valence-electron chi connectivity index (χ0n) is 13.4. The average Bonchev–Trinajstić information content (AvgIpc) is 3.30. The molecule has 0 bridgehead atoms. The fourth-order valence-corrected chi connectivity index (χ4v) is 2.35. The molecule has 0 atom stereocenters. The molecule has 6 heteroatoms. The van der Waals surface area contributed by atoms with Gasteiger partial charge in [-0.3, -0.25) is 4.79 Å². The molecule has 1 aromatic carbocycles. The third kappa shape index (κ3) is 3.84. The predicted octanol–water partition coefficient (Wildman–Crippen LogP) is 2.97. The number of methoxy groups -OCH3 is 1. The van der Waals surface area contributed by atoms with E-state index in [-0.39, 0.29) is 11.6 Å². The van der Waals surface area contributed by atoms with Crippen molar-refractivity contribution < 1.29 is 14.1 Å². The molecule has 0 aliphatic rings. The Morgan fingerprint density at radius 2 is 2.00 bits per heavy atom. The van der Waals surface area contributed by atoms with Crippen LogP contribution >= 0.6 is 0 Å². The highest BCUT2D eigenvalue weighted by molar-refractivity contribution is 5.93. The molecule has 0 aliphatic carbocycles. The SMILES string of the molecule is COc1ccc(-c2cc(C(=O)NCCCn3cccc3)no2)cc1. The molecule has 2 aromatic heterocycles. The van der Waals surface area contributed by atoms with Crippen molar-refractivity contribution in [3.63, 3.8) is 0 Å². The van der Waals surface area contributed by atoms with Gasteiger partial charge in [0.2, 0.25) is 0 Å². The van der Waals surface area contributed by atoms with Gasteiger partial charge in [0.15, 0.2) is 11.5 Å². The summed E-state index contributed by atoms with van der Waals surface area (Å²) in [5, 5.41) is 6.69. The Labute approximate surface area is 140 Å². The van der Waals surface area contributed by atoms with Crippen LogP contribution in [0.5, 0.6) is 5.75 Å². The highest BCUT2D eigenvalue weighted by Crippen LogP contribution is 2.23. The molecule has 6 nitrogen and oxygen atoms in total. The molecule has 0 aliphatic heterocycles. The van der Waals surface area contributed by atoms with Gasteiger partial charge in [0, 0.05) is 37.1 Å². The second-order valence-corrected chi connectivity index (χ2v) is 5.34. The third-order valence-corrected chi connectivity index (χ3v) is 3.66. The van der Waals surface area contributed by atoms with Crippen LogP contribution in [0.15, 0.2) is 59.4 Å². The topological polar surface area (TPSA) is 69.3 Å². The number of carbonyl (C=O) groups excluding carboxylic acids is 1. The summed E-state index contributed by atoms with van der Waals surface area (Å²) >= 11 is 0. The first kappa shape index (κ1) is 15.9. The number of aryl methyl sites for hydroxylation is 1. The van der Waals surface area contributed by atoms with E-state index in [0.717, 1.165) is 24.3 Å². The van der Waals surface area contributed by atoms with Crippen molar-refractivity contribution in [2.24, 2.45) is 0 Å². The summed E-state index contributed by atoms with van der Waals surface area (Å²) in [6, 6.07) is 13.0. The van der Waals surface area contributed by atoms with Crippen LogP contribution in [0, 0.1) is 0 Å². The van der Waals surface area contributed by atoms with Crippen LogP contribution in [0.1, 0.15) is 16.9 Å². The summed E-state index contributed by atoms with van der Waals surface area (Å²) < 4.78 is 12.4. The van der Waals surface area contributed by atoms with Crippen molar-refractivity contribution in [1.82, 2.24) is 15.0 Å². The van der Waals surface area contributed by atoms with Crippen LogP contribution in [0.3, 0.4) is 0 Å². The van der Waals surface area contributed by atoms with E-state index >= 15 is 0 Å². The Balaban J connectivity index is 1.53. The van der Waals surface area contributed by atoms with Crippen molar-refractivity contribution in [1.29, 1.82) is 0 Å². The van der Waals surface area contributed by atoms with Gasteiger partial charge in [0.1, 0.15) is 5.75 Å². The Bertz CT molecular complexity index is 776. The summed E-state index contributed by atoms with van der Waals surface area (Å²) in [5.41, 5.74) is 1.12. The lowest BCUT2D eigenvalue weighted by Crippen LogP contribution is -2.25. The fourth-order valence-electron chi connectivity index (χ4n) is 2.35. The standard InChI is InChI=1S/C18H19N3O3/c1-23-15-7-5-14(6-8-15)17-13-16(20-24-17)18(22)19-9-4-12-21-10-2-3-11-21/h2-3,5-8,10-11,13H,4,9,12H2,1H3,(H,19,22). The smallest absolute Gasteiger partial charge is 0.273 e. The van der Waals surface area contributed by atoms with E-state index in [0.29, 0.717) is 12.3 Å². The van der Waals surface area contributed by atoms with Gasteiger partial charge in [-0.05, 0) is 42.8 Å². The molecule has 0 fully saturated rings. The number of aromatic nitrogens is 2. The van der Waals surface area contributed by atoms with E-state index in [2.05, 4.69) is 15.0 Å². The normalized spacial score (nSPS) is 10.5. The first-order chi connectivity index (χ1) is 11.8. The predicted molar refractivity (Wildman–Crippen MR) is 89.9 cm³/mol. The van der Waals surface area contributed by atoms with Crippen LogP contribution in [0.2, 0.25) is 0 Å². The molecule has 0 unspecified atom stereocenters. The minimum absolute atomic E-state index is 0.231. The number of rotatable bonds is 7. The van der Waals surface area contributed by atoms with Crippen LogP contribution < -0.4 is 10.1 Å². The molecule has 124 valence electrons. The number of nitrogens with zero attached hydrogens (tertiary/aromatic N) is 2. The first-order valence-electron chi connectivity index (χ1n) is 7.76. The minimum Gasteiger partial charge on any atom is -0.497 e. The average molecular weight is 325 g/mol. The van der Waals surface area contributed by atoms with E-state index in [9.17, 15) is 4.79 Å². The maximum atomic E-state index is 12.1. The molecule has 0 radical (unpaired) electrons. The van der Waals surface area contributed by atoms with Gasteiger partial charge in [0.25, 0.3) is 5.91 Å². The van der Waals surface area contributed by atoms with Gasteiger partial charge >= 0.3 is 0 Å². The summed E-state index contributed by atoms with van der Waals surface area (Å²) in [5.74, 6) is 1.08. The van der Waals surface area contributed by atoms with Crippen LogP contribution in [-0.4, -0.2) is 29.3 Å². The largest absolute Gasteiger partial charge is 0.497 e. The van der Waals surface area contributed by atoms with Gasteiger partial charge in [0.05, 0.1) is 7.11 Å². The molecule has 1 amide bonds. The van der Waals surface area contributed by atoms with E-state index in [1.165, 1.54) is 0 Å². The summed E-state index contributed by atoms with van der Waals surface area (Å²) in [6.07, 6.45) is 4.85. The molecule has 0 spiro atoms. The lowest BCUT2D eigenvalue weighted by Gasteiger charge is -2.04. The summed E-state index contributed by atoms with van der Waals surface area (Å²) in [6.45, 7) is 1.45. The van der Waals surface area contributed by atoms with Crippen molar-refractivity contribution in [3.8, 4) is 17.1 Å².